The summed E-state index contributed by atoms with van der Waals surface area (Å²) >= 11 is 0. The average Bonchev–Trinajstić information content (AvgIpc) is 3.15. The summed E-state index contributed by atoms with van der Waals surface area (Å²) in [4.78, 5) is 26.3. The van der Waals surface area contributed by atoms with Gasteiger partial charge in [-0.2, -0.15) is 9.78 Å². The first-order valence-corrected chi connectivity index (χ1v) is 9.88. The highest BCUT2D eigenvalue weighted by Gasteiger charge is 2.24. The Kier molecular flexibility index (Phi) is 5.76. The number of anilines is 1. The largest absolute Gasteiger partial charge is 0.493 e. The lowest BCUT2D eigenvalue weighted by Crippen LogP contribution is -2.17. The molecule has 2 aliphatic heterocycles. The van der Waals surface area contributed by atoms with E-state index in [4.69, 9.17) is 9.47 Å². The molecule has 0 bridgehead atoms. The molecule has 0 unspecified atom stereocenters. The molecule has 0 saturated heterocycles. The van der Waals surface area contributed by atoms with Gasteiger partial charge < -0.3 is 19.4 Å². The lowest BCUT2D eigenvalue weighted by molar-refractivity contribution is 0.102. The van der Waals surface area contributed by atoms with Crippen molar-refractivity contribution in [1.82, 2.24) is 14.3 Å². The number of nitrogens with zero attached hydrogens (tertiary/aromatic N) is 3. The third kappa shape index (κ3) is 3.85. The van der Waals surface area contributed by atoms with Crippen LogP contribution in [0.5, 0.6) is 11.5 Å². The lowest BCUT2D eigenvalue weighted by Gasteiger charge is -2.13. The zero-order valence-electron chi connectivity index (χ0n) is 17.7. The Bertz CT molecular complexity index is 1310. The molecule has 1 amide bonds. The number of carbonyl (C=O) groups is 1. The standard InChI is InChI=1S/C24H22N4O4/c1-4-12-27-14-18(23(29)25-16-10-11-20(31-2)21(13-16)32-3)22-19(15-27)24(30)28(26-22)17-8-6-5-7-9-17/h4-11,13-15H,1,12H2,2-3H3,(H,25,29). The van der Waals surface area contributed by atoms with E-state index in [2.05, 4.69) is 17.0 Å². The normalized spacial score (nSPS) is 10.7. The fourth-order valence-electron chi connectivity index (χ4n) is 3.44. The van der Waals surface area contributed by atoms with Gasteiger partial charge in [0.1, 0.15) is 5.69 Å². The molecule has 4 rings (SSSR count). The van der Waals surface area contributed by atoms with Crippen LogP contribution in [-0.2, 0) is 6.54 Å². The van der Waals surface area contributed by atoms with Crippen LogP contribution >= 0.6 is 0 Å². The van der Waals surface area contributed by atoms with Gasteiger partial charge in [-0.05, 0) is 24.3 Å². The molecule has 0 fully saturated rings. The van der Waals surface area contributed by atoms with Crippen LogP contribution in [0.1, 0.15) is 10.4 Å². The predicted molar refractivity (Wildman–Crippen MR) is 122 cm³/mol. The summed E-state index contributed by atoms with van der Waals surface area (Å²) < 4.78 is 13.6. The maximum atomic E-state index is 13.2. The molecule has 0 radical (unpaired) electrons. The molecule has 0 spiro atoms. The van der Waals surface area contributed by atoms with Crippen molar-refractivity contribution in [3.63, 3.8) is 0 Å². The third-order valence-corrected chi connectivity index (χ3v) is 4.95. The van der Waals surface area contributed by atoms with E-state index in [0.717, 1.165) is 0 Å². The lowest BCUT2D eigenvalue weighted by atomic mass is 10.1. The van der Waals surface area contributed by atoms with E-state index in [-0.39, 0.29) is 11.1 Å². The van der Waals surface area contributed by atoms with E-state index in [1.54, 1.807) is 60.5 Å². The number of pyridine rings is 1. The first-order valence-electron chi connectivity index (χ1n) is 9.88. The van der Waals surface area contributed by atoms with Gasteiger partial charge in [0.25, 0.3) is 11.5 Å². The van der Waals surface area contributed by atoms with Crippen molar-refractivity contribution in [3.05, 3.63) is 89.5 Å². The van der Waals surface area contributed by atoms with Crippen LogP contribution in [0.4, 0.5) is 5.69 Å². The van der Waals surface area contributed by atoms with Gasteiger partial charge in [0.2, 0.25) is 0 Å². The van der Waals surface area contributed by atoms with Crippen LogP contribution in [0.2, 0.25) is 0 Å². The topological polar surface area (TPSA) is 87.4 Å². The van der Waals surface area contributed by atoms with Gasteiger partial charge in [0.05, 0.1) is 31.0 Å². The summed E-state index contributed by atoms with van der Waals surface area (Å²) in [5.41, 5.74) is 1.77. The van der Waals surface area contributed by atoms with Gasteiger partial charge in [-0.3, -0.25) is 9.59 Å². The number of nitrogens with one attached hydrogen (secondary N) is 1. The predicted octanol–water partition coefficient (Wildman–Crippen LogP) is 3.59. The van der Waals surface area contributed by atoms with Crippen molar-refractivity contribution in [2.45, 2.75) is 6.54 Å². The van der Waals surface area contributed by atoms with Crippen molar-refractivity contribution in [2.24, 2.45) is 0 Å². The summed E-state index contributed by atoms with van der Waals surface area (Å²) in [6, 6.07) is 14.1. The Labute approximate surface area is 184 Å². The summed E-state index contributed by atoms with van der Waals surface area (Å²) in [6.45, 7) is 4.18. The van der Waals surface area contributed by atoms with Gasteiger partial charge in [0, 0.05) is 30.7 Å². The third-order valence-electron chi connectivity index (χ3n) is 4.95. The molecule has 162 valence electrons. The van der Waals surface area contributed by atoms with Crippen molar-refractivity contribution in [3.8, 4) is 28.4 Å². The van der Waals surface area contributed by atoms with E-state index in [9.17, 15) is 9.59 Å². The number of hydrogen-bond donors (Lipinski definition) is 1. The highest BCUT2D eigenvalue weighted by Crippen LogP contribution is 2.30. The summed E-state index contributed by atoms with van der Waals surface area (Å²) in [7, 11) is 3.06. The number of aromatic nitrogens is 3. The number of ether oxygens (including phenoxy) is 2. The second kappa shape index (κ2) is 8.81. The molecule has 2 aromatic rings. The summed E-state index contributed by atoms with van der Waals surface area (Å²) in [5.74, 6) is 0.632. The van der Waals surface area contributed by atoms with Crippen molar-refractivity contribution < 1.29 is 14.3 Å². The number of para-hydroxylation sites is 1. The molecule has 1 N–H and O–H groups in total. The summed E-state index contributed by atoms with van der Waals surface area (Å²) in [6.07, 6.45) is 5.02. The smallest absolute Gasteiger partial charge is 0.282 e. The minimum Gasteiger partial charge on any atom is -0.493 e. The van der Waals surface area contributed by atoms with Crippen LogP contribution in [0.25, 0.3) is 16.9 Å². The molecular formula is C24H22N4O4. The van der Waals surface area contributed by atoms with E-state index in [0.29, 0.717) is 40.7 Å². The van der Waals surface area contributed by atoms with Crippen LogP contribution in [0, 0.1) is 0 Å². The molecule has 2 aromatic carbocycles. The number of amides is 1. The van der Waals surface area contributed by atoms with E-state index < -0.39 is 5.91 Å². The fraction of sp³-hybridized carbons (Fsp3) is 0.125. The van der Waals surface area contributed by atoms with Crippen molar-refractivity contribution >= 4 is 11.6 Å². The Morgan fingerprint density at radius 2 is 1.84 bits per heavy atom. The molecule has 0 aliphatic carbocycles. The number of hydrogen-bond acceptors (Lipinski definition) is 5. The Morgan fingerprint density at radius 3 is 2.53 bits per heavy atom. The molecule has 2 heterocycles. The Balaban J connectivity index is 1.79. The van der Waals surface area contributed by atoms with Crippen molar-refractivity contribution in [1.29, 1.82) is 0 Å². The molecule has 32 heavy (non-hydrogen) atoms. The molecular weight excluding hydrogens is 408 g/mol. The number of benzene rings is 2. The monoisotopic (exact) mass is 430 g/mol. The molecule has 8 heteroatoms. The second-order valence-electron chi connectivity index (χ2n) is 7.00. The molecule has 0 saturated carbocycles. The van der Waals surface area contributed by atoms with Crippen LogP contribution in [-0.4, -0.2) is 34.5 Å². The van der Waals surface area contributed by atoms with E-state index >= 15 is 0 Å². The van der Waals surface area contributed by atoms with Crippen LogP contribution in [0.15, 0.2) is 78.4 Å². The van der Waals surface area contributed by atoms with Gasteiger partial charge in [-0.15, -0.1) is 6.58 Å². The van der Waals surface area contributed by atoms with Crippen LogP contribution < -0.4 is 20.3 Å². The van der Waals surface area contributed by atoms with E-state index in [1.807, 2.05) is 18.2 Å². The summed E-state index contributed by atoms with van der Waals surface area (Å²) in [5, 5.41) is 7.32. The SMILES string of the molecule is C=CCn1cc(C(=O)Nc2ccc(OC)c(OC)c2)c2nn(-c3ccccc3)c(=O)c-2c1. The minimum atomic E-state index is -0.404. The van der Waals surface area contributed by atoms with Crippen LogP contribution in [0.3, 0.4) is 0 Å². The maximum Gasteiger partial charge on any atom is 0.282 e. The quantitative estimate of drug-likeness (QED) is 0.453. The number of rotatable bonds is 7. The Morgan fingerprint density at radius 1 is 1.09 bits per heavy atom. The zero-order chi connectivity index (χ0) is 22.7. The highest BCUT2D eigenvalue weighted by molar-refractivity contribution is 6.08. The number of allylic oxidation sites excluding steroid dienone is 1. The average molecular weight is 430 g/mol. The van der Waals surface area contributed by atoms with Gasteiger partial charge in [-0.1, -0.05) is 24.3 Å². The number of methoxy groups -OCH3 is 2. The first kappa shape index (κ1) is 20.9. The maximum absolute atomic E-state index is 13.2. The molecule has 0 aromatic heterocycles. The molecule has 2 aliphatic rings. The first-order chi connectivity index (χ1) is 15.5. The minimum absolute atomic E-state index is 0.269. The van der Waals surface area contributed by atoms with E-state index in [1.165, 1.54) is 11.8 Å². The Hall–Kier alpha value is -4.33. The molecule has 0 atom stereocenters. The van der Waals surface area contributed by atoms with Gasteiger partial charge in [-0.25, -0.2) is 0 Å². The van der Waals surface area contributed by atoms with Gasteiger partial charge >= 0.3 is 0 Å². The fourth-order valence-corrected chi connectivity index (χ4v) is 3.44. The number of fused-ring (bicyclic) bond motifs is 1. The molecule has 8 nitrogen and oxygen atoms in total. The second-order valence-corrected chi connectivity index (χ2v) is 7.00. The number of carbonyl (C=O) groups excluding carboxylic acids is 1. The zero-order valence-corrected chi connectivity index (χ0v) is 17.7. The van der Waals surface area contributed by atoms with Crippen molar-refractivity contribution in [2.75, 3.05) is 19.5 Å². The van der Waals surface area contributed by atoms with Gasteiger partial charge in [0.15, 0.2) is 11.5 Å². The highest BCUT2D eigenvalue weighted by atomic mass is 16.5.